The summed E-state index contributed by atoms with van der Waals surface area (Å²) in [4.78, 5) is 23.7. The quantitative estimate of drug-likeness (QED) is 0.935. The summed E-state index contributed by atoms with van der Waals surface area (Å²) < 4.78 is 0. The van der Waals surface area contributed by atoms with Gasteiger partial charge in [-0.2, -0.15) is 0 Å². The maximum Gasteiger partial charge on any atom is 0.255 e. The lowest BCUT2D eigenvalue weighted by Crippen LogP contribution is -2.30. The zero-order chi connectivity index (χ0) is 15.0. The molecule has 0 bridgehead atoms. The van der Waals surface area contributed by atoms with Crippen LogP contribution in [0.1, 0.15) is 65.4 Å². The second-order valence-corrected chi connectivity index (χ2v) is 6.94. The van der Waals surface area contributed by atoms with E-state index >= 15 is 0 Å². The number of carbonyl (C=O) groups excluding carboxylic acids is 1. The van der Waals surface area contributed by atoms with Crippen molar-refractivity contribution in [2.75, 3.05) is 6.54 Å². The number of H-pyrrole nitrogens is 1. The van der Waals surface area contributed by atoms with Crippen LogP contribution in [0.15, 0.2) is 17.6 Å². The van der Waals surface area contributed by atoms with E-state index < -0.39 is 0 Å². The Balaban J connectivity index is 1.82. The third-order valence-electron chi connectivity index (χ3n) is 3.99. The summed E-state index contributed by atoms with van der Waals surface area (Å²) in [6.45, 7) is 7.12. The van der Waals surface area contributed by atoms with Crippen molar-refractivity contribution in [2.24, 2.45) is 0 Å². The molecule has 112 valence electrons. The van der Waals surface area contributed by atoms with Crippen molar-refractivity contribution >= 4 is 17.2 Å². The molecule has 0 aromatic carbocycles. The summed E-state index contributed by atoms with van der Waals surface area (Å²) >= 11 is 1.67. The van der Waals surface area contributed by atoms with Crippen LogP contribution in [0.3, 0.4) is 0 Å². The van der Waals surface area contributed by atoms with Crippen molar-refractivity contribution < 1.29 is 4.79 Å². The minimum atomic E-state index is 0.0913. The van der Waals surface area contributed by atoms with Gasteiger partial charge in [-0.15, -0.1) is 11.3 Å². The van der Waals surface area contributed by atoms with Gasteiger partial charge in [0.15, 0.2) is 0 Å². The second-order valence-electron chi connectivity index (χ2n) is 6.00. The van der Waals surface area contributed by atoms with Crippen LogP contribution >= 0.6 is 11.3 Å². The summed E-state index contributed by atoms with van der Waals surface area (Å²) in [6.07, 6.45) is 3.86. The van der Waals surface area contributed by atoms with E-state index in [0.29, 0.717) is 5.92 Å². The molecule has 3 heterocycles. The standard InChI is InChI=1S/C16H21N3OS/c1-10(2)14-7-12(9-21-14)16(20)19-6-4-5-13(19)15-17-8-11(3)18-15/h7-10,13H,4-6H2,1-3H3,(H,17,18)/t13-/m1/s1. The first-order valence-corrected chi connectivity index (χ1v) is 8.35. The number of aryl methyl sites for hydroxylation is 1. The van der Waals surface area contributed by atoms with Crippen molar-refractivity contribution in [1.29, 1.82) is 0 Å². The molecule has 1 N–H and O–H groups in total. The Hall–Kier alpha value is -1.62. The molecule has 0 spiro atoms. The summed E-state index contributed by atoms with van der Waals surface area (Å²) in [6, 6.07) is 2.13. The minimum absolute atomic E-state index is 0.0913. The molecule has 0 saturated carbocycles. The van der Waals surface area contributed by atoms with Crippen LogP contribution in [0, 0.1) is 6.92 Å². The average Bonchev–Trinajstić information content (AvgIpc) is 3.17. The third-order valence-corrected chi connectivity index (χ3v) is 5.22. The predicted molar refractivity (Wildman–Crippen MR) is 84.7 cm³/mol. The maximum atomic E-state index is 12.8. The highest BCUT2D eigenvalue weighted by Crippen LogP contribution is 2.33. The Kier molecular flexibility index (Phi) is 3.85. The van der Waals surface area contributed by atoms with Gasteiger partial charge in [0.25, 0.3) is 5.91 Å². The number of aromatic amines is 1. The van der Waals surface area contributed by atoms with E-state index in [2.05, 4.69) is 23.8 Å². The zero-order valence-corrected chi connectivity index (χ0v) is 13.5. The lowest BCUT2D eigenvalue weighted by Gasteiger charge is -2.22. The molecule has 1 saturated heterocycles. The van der Waals surface area contributed by atoms with E-state index in [1.54, 1.807) is 11.3 Å². The van der Waals surface area contributed by atoms with Gasteiger partial charge in [-0.3, -0.25) is 4.79 Å². The van der Waals surface area contributed by atoms with Gasteiger partial charge in [0, 0.05) is 28.7 Å². The van der Waals surface area contributed by atoms with Crippen molar-refractivity contribution in [2.45, 2.75) is 45.6 Å². The van der Waals surface area contributed by atoms with Crippen LogP contribution in [0.2, 0.25) is 0 Å². The predicted octanol–water partition coefficient (Wildman–Crippen LogP) is 3.88. The molecule has 21 heavy (non-hydrogen) atoms. The number of amides is 1. The molecule has 1 amide bonds. The molecule has 5 heteroatoms. The molecule has 4 nitrogen and oxygen atoms in total. The van der Waals surface area contributed by atoms with Crippen LogP contribution < -0.4 is 0 Å². The summed E-state index contributed by atoms with van der Waals surface area (Å²) in [5, 5.41) is 1.99. The fraction of sp³-hybridized carbons (Fsp3) is 0.500. The highest BCUT2D eigenvalue weighted by atomic mass is 32.1. The van der Waals surface area contributed by atoms with Gasteiger partial charge in [-0.25, -0.2) is 4.98 Å². The number of rotatable bonds is 3. The molecular formula is C16H21N3OS. The van der Waals surface area contributed by atoms with Crippen LogP contribution in [0.4, 0.5) is 0 Å². The molecule has 2 aromatic rings. The number of likely N-dealkylation sites (tertiary alicyclic amines) is 1. The fourth-order valence-corrected chi connectivity index (χ4v) is 3.73. The largest absolute Gasteiger partial charge is 0.344 e. The number of thiophene rings is 1. The van der Waals surface area contributed by atoms with E-state index in [4.69, 9.17) is 0 Å². The molecule has 2 aromatic heterocycles. The van der Waals surface area contributed by atoms with Gasteiger partial charge in [0.1, 0.15) is 5.82 Å². The minimum Gasteiger partial charge on any atom is -0.344 e. The van der Waals surface area contributed by atoms with Crippen LogP contribution in [-0.2, 0) is 0 Å². The molecule has 0 radical (unpaired) electrons. The zero-order valence-electron chi connectivity index (χ0n) is 12.7. The highest BCUT2D eigenvalue weighted by Gasteiger charge is 2.32. The SMILES string of the molecule is Cc1cnc([C@H]2CCCN2C(=O)c2csc(C(C)C)c2)[nH]1. The molecule has 1 fully saturated rings. The fourth-order valence-electron chi connectivity index (χ4n) is 2.83. The van der Waals surface area contributed by atoms with Crippen molar-refractivity contribution in [1.82, 2.24) is 14.9 Å². The normalized spacial score (nSPS) is 18.7. The Morgan fingerprint density at radius 2 is 2.33 bits per heavy atom. The third kappa shape index (κ3) is 2.75. The van der Waals surface area contributed by atoms with E-state index in [1.165, 1.54) is 4.88 Å². The van der Waals surface area contributed by atoms with Gasteiger partial charge < -0.3 is 9.88 Å². The van der Waals surface area contributed by atoms with Gasteiger partial charge in [0.05, 0.1) is 11.6 Å². The smallest absolute Gasteiger partial charge is 0.255 e. The number of aromatic nitrogens is 2. The molecule has 1 atom stereocenters. The number of hydrogen-bond acceptors (Lipinski definition) is 3. The first-order valence-electron chi connectivity index (χ1n) is 7.47. The van der Waals surface area contributed by atoms with E-state index in [-0.39, 0.29) is 11.9 Å². The van der Waals surface area contributed by atoms with Crippen molar-refractivity contribution in [3.05, 3.63) is 39.6 Å². The number of carbonyl (C=O) groups is 1. The molecule has 1 aliphatic heterocycles. The Labute approximate surface area is 129 Å². The van der Waals surface area contributed by atoms with Gasteiger partial charge in [-0.05, 0) is 31.7 Å². The van der Waals surface area contributed by atoms with Gasteiger partial charge >= 0.3 is 0 Å². The summed E-state index contributed by atoms with van der Waals surface area (Å²) in [7, 11) is 0. The van der Waals surface area contributed by atoms with Crippen molar-refractivity contribution in [3.8, 4) is 0 Å². The first kappa shape index (κ1) is 14.3. The van der Waals surface area contributed by atoms with Crippen LogP contribution in [0.5, 0.6) is 0 Å². The second kappa shape index (κ2) is 5.64. The average molecular weight is 303 g/mol. The molecule has 3 rings (SSSR count). The molecular weight excluding hydrogens is 282 g/mol. The lowest BCUT2D eigenvalue weighted by atomic mass is 10.1. The Morgan fingerprint density at radius 3 is 2.95 bits per heavy atom. The number of nitrogens with zero attached hydrogens (tertiary/aromatic N) is 2. The van der Waals surface area contributed by atoms with Crippen molar-refractivity contribution in [3.63, 3.8) is 0 Å². The Bertz CT molecular complexity index is 643. The maximum absolute atomic E-state index is 12.8. The number of hydrogen-bond donors (Lipinski definition) is 1. The van der Waals surface area contributed by atoms with E-state index in [9.17, 15) is 4.79 Å². The van der Waals surface area contributed by atoms with Crippen LogP contribution in [0.25, 0.3) is 0 Å². The van der Waals surface area contributed by atoms with E-state index in [1.807, 2.05) is 29.5 Å². The number of nitrogens with one attached hydrogen (secondary N) is 1. The Morgan fingerprint density at radius 1 is 1.52 bits per heavy atom. The number of imidazole rings is 1. The van der Waals surface area contributed by atoms with Gasteiger partial charge in [0.2, 0.25) is 0 Å². The molecule has 0 unspecified atom stereocenters. The topological polar surface area (TPSA) is 49.0 Å². The highest BCUT2D eigenvalue weighted by molar-refractivity contribution is 7.10. The summed E-state index contributed by atoms with van der Waals surface area (Å²) in [5.41, 5.74) is 1.86. The molecule has 1 aliphatic rings. The monoisotopic (exact) mass is 303 g/mol. The molecule has 0 aliphatic carbocycles. The first-order chi connectivity index (χ1) is 10.1. The van der Waals surface area contributed by atoms with Crippen LogP contribution in [-0.4, -0.2) is 27.3 Å². The lowest BCUT2D eigenvalue weighted by molar-refractivity contribution is 0.0731. The van der Waals surface area contributed by atoms with Gasteiger partial charge in [-0.1, -0.05) is 13.8 Å². The van der Waals surface area contributed by atoms with E-state index in [0.717, 1.165) is 36.5 Å². The summed E-state index contributed by atoms with van der Waals surface area (Å²) in [5.74, 6) is 1.52.